The van der Waals surface area contributed by atoms with E-state index in [1.807, 2.05) is 30.3 Å². The zero-order valence-corrected chi connectivity index (χ0v) is 14.8. The number of hydrogen-bond donors (Lipinski definition) is 2. The third-order valence-corrected chi connectivity index (χ3v) is 3.69. The summed E-state index contributed by atoms with van der Waals surface area (Å²) in [6, 6.07) is 20.1. The number of benzene rings is 2. The maximum atomic E-state index is 12.4. The van der Waals surface area contributed by atoms with Gasteiger partial charge in [0.2, 0.25) is 5.91 Å². The van der Waals surface area contributed by atoms with E-state index in [-0.39, 0.29) is 11.8 Å². The Hall–Kier alpha value is -3.67. The first-order valence-electron chi connectivity index (χ1n) is 8.42. The summed E-state index contributed by atoms with van der Waals surface area (Å²) in [6.07, 6.45) is 1.47. The quantitative estimate of drug-likeness (QED) is 0.698. The predicted molar refractivity (Wildman–Crippen MR) is 104 cm³/mol. The highest BCUT2D eigenvalue weighted by Crippen LogP contribution is 2.18. The first-order chi connectivity index (χ1) is 13.1. The van der Waals surface area contributed by atoms with Crippen molar-refractivity contribution in [3.63, 3.8) is 0 Å². The molecule has 0 aliphatic carbocycles. The molecule has 0 unspecified atom stereocenters. The molecule has 0 aliphatic rings. The number of aromatic nitrogens is 1. The second kappa shape index (κ2) is 8.62. The summed E-state index contributed by atoms with van der Waals surface area (Å²) < 4.78 is 5.73. The van der Waals surface area contributed by atoms with Gasteiger partial charge in [-0.15, -0.1) is 0 Å². The van der Waals surface area contributed by atoms with E-state index in [0.29, 0.717) is 29.4 Å². The van der Waals surface area contributed by atoms with Gasteiger partial charge in [0.05, 0.1) is 0 Å². The van der Waals surface area contributed by atoms with E-state index in [2.05, 4.69) is 15.6 Å². The third-order valence-electron chi connectivity index (χ3n) is 3.69. The topological polar surface area (TPSA) is 80.3 Å². The fraction of sp³-hybridized carbons (Fsp3) is 0.0952. The van der Waals surface area contributed by atoms with Crippen LogP contribution in [0.25, 0.3) is 0 Å². The molecule has 0 atom stereocenters. The van der Waals surface area contributed by atoms with Gasteiger partial charge in [0.15, 0.2) is 0 Å². The minimum atomic E-state index is -0.290. The van der Waals surface area contributed by atoms with Crippen LogP contribution in [0.5, 0.6) is 5.75 Å². The third kappa shape index (κ3) is 5.40. The van der Waals surface area contributed by atoms with Crippen LogP contribution in [-0.4, -0.2) is 16.8 Å². The lowest BCUT2D eigenvalue weighted by atomic mass is 10.2. The molecule has 0 fully saturated rings. The van der Waals surface area contributed by atoms with Crippen molar-refractivity contribution in [1.29, 1.82) is 0 Å². The first kappa shape index (κ1) is 18.1. The van der Waals surface area contributed by atoms with Crippen LogP contribution in [0, 0.1) is 0 Å². The smallest absolute Gasteiger partial charge is 0.255 e. The molecule has 3 aromatic rings. The van der Waals surface area contributed by atoms with Crippen LogP contribution in [0.4, 0.5) is 11.5 Å². The molecular weight excluding hydrogens is 342 g/mol. The number of carbonyl (C=O) groups excluding carboxylic acids is 2. The molecule has 3 rings (SSSR count). The molecule has 0 aliphatic heterocycles. The van der Waals surface area contributed by atoms with Crippen LogP contribution in [0.15, 0.2) is 72.9 Å². The number of hydrogen-bond acceptors (Lipinski definition) is 4. The zero-order chi connectivity index (χ0) is 19.1. The summed E-state index contributed by atoms with van der Waals surface area (Å²) in [4.78, 5) is 27.5. The van der Waals surface area contributed by atoms with Gasteiger partial charge in [-0.05, 0) is 42.0 Å². The Morgan fingerprint density at radius 1 is 0.963 bits per heavy atom. The first-order valence-corrected chi connectivity index (χ1v) is 8.42. The van der Waals surface area contributed by atoms with E-state index in [0.717, 1.165) is 5.56 Å². The van der Waals surface area contributed by atoms with Gasteiger partial charge >= 0.3 is 0 Å². The number of rotatable bonds is 6. The number of carbonyl (C=O) groups is 2. The highest BCUT2D eigenvalue weighted by Gasteiger charge is 2.08. The number of pyridine rings is 1. The number of nitrogens with zero attached hydrogens (tertiary/aromatic N) is 1. The molecule has 2 aromatic carbocycles. The zero-order valence-electron chi connectivity index (χ0n) is 14.8. The summed E-state index contributed by atoms with van der Waals surface area (Å²) in [7, 11) is 0. The molecule has 2 amide bonds. The Balaban J connectivity index is 1.59. The van der Waals surface area contributed by atoms with E-state index in [1.54, 1.807) is 30.3 Å². The van der Waals surface area contributed by atoms with Crippen molar-refractivity contribution in [3.05, 3.63) is 84.1 Å². The second-order valence-electron chi connectivity index (χ2n) is 5.86. The Kier molecular flexibility index (Phi) is 5.79. The number of anilines is 2. The maximum Gasteiger partial charge on any atom is 0.255 e. The molecule has 0 bridgehead atoms. The minimum Gasteiger partial charge on any atom is -0.489 e. The van der Waals surface area contributed by atoms with Crippen molar-refractivity contribution in [2.24, 2.45) is 0 Å². The molecule has 136 valence electrons. The van der Waals surface area contributed by atoms with E-state index >= 15 is 0 Å². The number of nitrogens with one attached hydrogen (secondary N) is 2. The summed E-state index contributed by atoms with van der Waals surface area (Å²) in [5.41, 5.74) is 2.13. The summed E-state index contributed by atoms with van der Waals surface area (Å²) in [5, 5.41) is 5.36. The summed E-state index contributed by atoms with van der Waals surface area (Å²) >= 11 is 0. The Morgan fingerprint density at radius 2 is 1.70 bits per heavy atom. The molecule has 27 heavy (non-hydrogen) atoms. The molecule has 0 saturated carbocycles. The molecular formula is C21H19N3O3. The van der Waals surface area contributed by atoms with E-state index < -0.39 is 0 Å². The van der Waals surface area contributed by atoms with Crippen LogP contribution in [-0.2, 0) is 11.4 Å². The Bertz CT molecular complexity index is 925. The van der Waals surface area contributed by atoms with Crippen LogP contribution < -0.4 is 15.4 Å². The summed E-state index contributed by atoms with van der Waals surface area (Å²) in [5.74, 6) is 0.515. The van der Waals surface area contributed by atoms with Gasteiger partial charge in [-0.3, -0.25) is 9.59 Å². The van der Waals surface area contributed by atoms with Gasteiger partial charge in [-0.2, -0.15) is 0 Å². The number of amides is 2. The van der Waals surface area contributed by atoms with Gasteiger partial charge in [-0.1, -0.05) is 30.3 Å². The molecule has 0 spiro atoms. The fourth-order valence-corrected chi connectivity index (χ4v) is 2.40. The molecule has 1 aromatic heterocycles. The lowest BCUT2D eigenvalue weighted by Crippen LogP contribution is -2.13. The second-order valence-corrected chi connectivity index (χ2v) is 5.86. The normalized spacial score (nSPS) is 10.1. The molecule has 1 heterocycles. The Morgan fingerprint density at radius 3 is 2.41 bits per heavy atom. The van der Waals surface area contributed by atoms with Crippen molar-refractivity contribution in [1.82, 2.24) is 4.98 Å². The van der Waals surface area contributed by atoms with Gasteiger partial charge in [0, 0.05) is 24.4 Å². The van der Waals surface area contributed by atoms with E-state index in [1.165, 1.54) is 19.2 Å². The monoisotopic (exact) mass is 361 g/mol. The Labute approximate surface area is 157 Å². The van der Waals surface area contributed by atoms with Crippen LogP contribution in [0.2, 0.25) is 0 Å². The molecule has 0 saturated heterocycles. The molecule has 6 nitrogen and oxygen atoms in total. The largest absolute Gasteiger partial charge is 0.489 e. The van der Waals surface area contributed by atoms with Gasteiger partial charge in [0.1, 0.15) is 18.2 Å². The van der Waals surface area contributed by atoms with Crippen molar-refractivity contribution >= 4 is 23.3 Å². The van der Waals surface area contributed by atoms with Crippen LogP contribution >= 0.6 is 0 Å². The van der Waals surface area contributed by atoms with E-state index in [4.69, 9.17) is 4.74 Å². The lowest BCUT2D eigenvalue weighted by Gasteiger charge is -2.09. The molecule has 2 N–H and O–H groups in total. The average Bonchev–Trinajstić information content (AvgIpc) is 2.68. The number of ether oxygens (including phenoxy) is 1. The highest BCUT2D eigenvalue weighted by molar-refractivity contribution is 6.05. The van der Waals surface area contributed by atoms with Gasteiger partial charge in [-0.25, -0.2) is 4.98 Å². The van der Waals surface area contributed by atoms with Crippen molar-refractivity contribution < 1.29 is 14.3 Å². The average molecular weight is 361 g/mol. The minimum absolute atomic E-state index is 0.244. The van der Waals surface area contributed by atoms with Gasteiger partial charge in [0.25, 0.3) is 5.91 Å². The molecule has 0 radical (unpaired) electrons. The highest BCUT2D eigenvalue weighted by atomic mass is 16.5. The maximum absolute atomic E-state index is 12.4. The van der Waals surface area contributed by atoms with Crippen molar-refractivity contribution in [2.45, 2.75) is 13.5 Å². The van der Waals surface area contributed by atoms with Crippen LogP contribution in [0.1, 0.15) is 22.8 Å². The lowest BCUT2D eigenvalue weighted by molar-refractivity contribution is -0.114. The van der Waals surface area contributed by atoms with E-state index in [9.17, 15) is 9.59 Å². The van der Waals surface area contributed by atoms with Crippen LogP contribution in [0.3, 0.4) is 0 Å². The predicted octanol–water partition coefficient (Wildman–Crippen LogP) is 3.87. The summed E-state index contributed by atoms with van der Waals surface area (Å²) in [6.45, 7) is 1.87. The SMILES string of the molecule is CC(=O)Nc1cc(C(=O)Nc2ccc(OCc3ccccc3)cc2)ccn1. The van der Waals surface area contributed by atoms with Crippen molar-refractivity contribution in [2.75, 3.05) is 10.6 Å². The van der Waals surface area contributed by atoms with Gasteiger partial charge < -0.3 is 15.4 Å². The standard InChI is InChI=1S/C21H19N3O3/c1-15(25)23-20-13-17(11-12-22-20)21(26)24-18-7-9-19(10-8-18)27-14-16-5-3-2-4-6-16/h2-13H,14H2,1H3,(H,24,26)(H,22,23,25). The van der Waals surface area contributed by atoms with Crippen molar-refractivity contribution in [3.8, 4) is 5.75 Å². The molecule has 6 heteroatoms. The fourth-order valence-electron chi connectivity index (χ4n) is 2.40.